The molecule has 0 radical (unpaired) electrons. The Kier molecular flexibility index (Phi) is 7.39. The molecule has 7 nitrogen and oxygen atoms in total. The van der Waals surface area contributed by atoms with Crippen molar-refractivity contribution in [3.8, 4) is 0 Å². The highest BCUT2D eigenvalue weighted by Gasteiger charge is 2.27. The molecule has 150 valence electrons. The molecule has 0 unspecified atom stereocenters. The number of allylic oxidation sites excluding steroid dienone is 3. The molecule has 1 saturated heterocycles. The van der Waals surface area contributed by atoms with Gasteiger partial charge in [-0.1, -0.05) is 28.1 Å². The number of alkyl halides is 1. The number of hydrogen-bond acceptors (Lipinski definition) is 3. The number of halogens is 1. The molecule has 0 aliphatic carbocycles. The van der Waals surface area contributed by atoms with Gasteiger partial charge < -0.3 is 20.9 Å². The van der Waals surface area contributed by atoms with Crippen LogP contribution in [0.25, 0.3) is 6.08 Å². The van der Waals surface area contributed by atoms with E-state index in [0.717, 1.165) is 22.5 Å². The van der Waals surface area contributed by atoms with E-state index in [1.54, 1.807) is 6.08 Å². The Morgan fingerprint density at radius 2 is 1.82 bits per heavy atom. The highest BCUT2D eigenvalue weighted by atomic mass is 79.9. The topological polar surface area (TPSA) is 103 Å². The predicted molar refractivity (Wildman–Crippen MR) is 113 cm³/mol. The summed E-state index contributed by atoms with van der Waals surface area (Å²) < 4.78 is 0. The fourth-order valence-electron chi connectivity index (χ4n) is 3.10. The van der Waals surface area contributed by atoms with Crippen LogP contribution in [-0.2, 0) is 9.59 Å². The zero-order chi connectivity index (χ0) is 20.8. The van der Waals surface area contributed by atoms with Crippen LogP contribution in [0.15, 0.2) is 29.0 Å². The first-order valence-corrected chi connectivity index (χ1v) is 10.1. The average molecular weight is 449 g/mol. The van der Waals surface area contributed by atoms with E-state index in [2.05, 4.69) is 36.9 Å². The lowest BCUT2D eigenvalue weighted by Gasteiger charge is -2.06. The zero-order valence-electron chi connectivity index (χ0n) is 16.5. The van der Waals surface area contributed by atoms with Crippen molar-refractivity contribution in [1.82, 2.24) is 20.9 Å². The maximum absolute atomic E-state index is 12.5. The zero-order valence-corrected chi connectivity index (χ0v) is 18.0. The van der Waals surface area contributed by atoms with Gasteiger partial charge in [-0.25, -0.2) is 0 Å². The van der Waals surface area contributed by atoms with Crippen molar-refractivity contribution in [2.75, 3.05) is 18.4 Å². The molecule has 0 aromatic carbocycles. The largest absolute Gasteiger partial charge is 0.358 e. The third-order valence-corrected chi connectivity index (χ3v) is 4.74. The van der Waals surface area contributed by atoms with E-state index in [1.807, 2.05) is 32.9 Å². The number of hydrogen-bond donors (Lipinski definition) is 4. The summed E-state index contributed by atoms with van der Waals surface area (Å²) >= 11 is 3.38. The van der Waals surface area contributed by atoms with Crippen LogP contribution in [0, 0.1) is 13.8 Å². The maximum atomic E-state index is 12.5. The van der Waals surface area contributed by atoms with E-state index in [9.17, 15) is 14.4 Å². The van der Waals surface area contributed by atoms with Crippen LogP contribution in [0.3, 0.4) is 0 Å². The lowest BCUT2D eigenvalue weighted by atomic mass is 10.0. The summed E-state index contributed by atoms with van der Waals surface area (Å²) in [5, 5.41) is 8.91. The Bertz CT molecular complexity index is 894. The van der Waals surface area contributed by atoms with Crippen LogP contribution in [0.5, 0.6) is 0 Å². The first-order valence-electron chi connectivity index (χ1n) is 8.98. The number of amides is 3. The number of aromatic amines is 1. The van der Waals surface area contributed by atoms with Gasteiger partial charge in [-0.3, -0.25) is 14.4 Å². The molecule has 0 spiro atoms. The molecule has 28 heavy (non-hydrogen) atoms. The molecule has 2 heterocycles. The number of nitrogens with one attached hydrogen (secondary N) is 4. The van der Waals surface area contributed by atoms with Crippen LogP contribution in [0.1, 0.15) is 41.2 Å². The minimum Gasteiger partial charge on any atom is -0.358 e. The second kappa shape index (κ2) is 9.54. The molecule has 8 heteroatoms. The van der Waals surface area contributed by atoms with Crippen LogP contribution in [0.4, 0.5) is 0 Å². The molecule has 0 saturated carbocycles. The van der Waals surface area contributed by atoms with Gasteiger partial charge in [0.1, 0.15) is 0 Å². The highest BCUT2D eigenvalue weighted by Crippen LogP contribution is 2.29. The number of aromatic nitrogens is 1. The quantitative estimate of drug-likeness (QED) is 0.304. The first kappa shape index (κ1) is 21.7. The van der Waals surface area contributed by atoms with Crippen molar-refractivity contribution in [3.63, 3.8) is 0 Å². The molecule has 1 aromatic rings. The maximum Gasteiger partial charge on any atom is 0.256 e. The van der Waals surface area contributed by atoms with Gasteiger partial charge in [0.15, 0.2) is 0 Å². The van der Waals surface area contributed by atoms with Gasteiger partial charge in [0.05, 0.1) is 11.1 Å². The Morgan fingerprint density at radius 1 is 1.14 bits per heavy atom. The van der Waals surface area contributed by atoms with Gasteiger partial charge in [-0.2, -0.15) is 0 Å². The predicted octanol–water partition coefficient (Wildman–Crippen LogP) is 2.24. The Balaban J connectivity index is 2.29. The molecule has 1 aliphatic rings. The van der Waals surface area contributed by atoms with Gasteiger partial charge in [-0.05, 0) is 32.4 Å². The van der Waals surface area contributed by atoms with Crippen LogP contribution in [-0.4, -0.2) is 41.1 Å². The minimum atomic E-state index is -0.220. The first-order chi connectivity index (χ1) is 13.3. The number of H-pyrrole nitrogens is 1. The molecule has 0 bridgehead atoms. The molecule has 1 aliphatic heterocycles. The van der Waals surface area contributed by atoms with Crippen LogP contribution < -0.4 is 16.0 Å². The summed E-state index contributed by atoms with van der Waals surface area (Å²) in [5.74, 6) is -0.532. The van der Waals surface area contributed by atoms with Crippen LogP contribution in [0.2, 0.25) is 0 Å². The lowest BCUT2D eigenvalue weighted by molar-refractivity contribution is -0.119. The molecule has 2 rings (SSSR count). The summed E-state index contributed by atoms with van der Waals surface area (Å²) in [6.45, 7) is 7.67. The Hall–Kier alpha value is -2.61. The van der Waals surface area contributed by atoms with Crippen molar-refractivity contribution in [1.29, 1.82) is 0 Å². The molecule has 0 atom stereocenters. The normalized spacial score (nSPS) is 18.0. The number of carbonyl (C=O) groups excluding carboxylic acids is 3. The lowest BCUT2D eigenvalue weighted by Crippen LogP contribution is -2.34. The SMILES string of the molecule is CC=C1NC(=O)C(=Cc2[nH]c(C)c(C(=O)NCCNC(C)=O)c2C)C1=CCBr. The number of carbonyl (C=O) groups is 3. The third-order valence-electron chi connectivity index (χ3n) is 4.42. The van der Waals surface area contributed by atoms with E-state index >= 15 is 0 Å². The van der Waals surface area contributed by atoms with Crippen molar-refractivity contribution < 1.29 is 14.4 Å². The van der Waals surface area contributed by atoms with Gasteiger partial charge in [0, 0.05) is 48.0 Å². The van der Waals surface area contributed by atoms with Gasteiger partial charge in [-0.15, -0.1) is 0 Å². The average Bonchev–Trinajstić information content (AvgIpc) is 3.09. The molecular formula is C20H25BrN4O3. The highest BCUT2D eigenvalue weighted by molar-refractivity contribution is 9.09. The third kappa shape index (κ3) is 4.81. The summed E-state index contributed by atoms with van der Waals surface area (Å²) in [5.41, 5.74) is 4.90. The number of rotatable bonds is 6. The summed E-state index contributed by atoms with van der Waals surface area (Å²) in [6.07, 6.45) is 5.56. The second-order valence-electron chi connectivity index (χ2n) is 6.39. The standard InChI is InChI=1S/C20H25BrN4O3/c1-5-16-14(6-7-21)15(19(27)25-16)10-17-11(2)18(12(3)24-17)20(28)23-9-8-22-13(4)26/h5-6,10,24H,7-9H2,1-4H3,(H,22,26)(H,23,28)(H,25,27). The molecule has 3 amide bonds. The second-order valence-corrected chi connectivity index (χ2v) is 7.04. The van der Waals surface area contributed by atoms with Crippen molar-refractivity contribution in [2.45, 2.75) is 27.7 Å². The Morgan fingerprint density at radius 3 is 2.43 bits per heavy atom. The van der Waals surface area contributed by atoms with Gasteiger partial charge in [0.25, 0.3) is 11.8 Å². The van der Waals surface area contributed by atoms with Gasteiger partial charge in [0.2, 0.25) is 5.91 Å². The minimum absolute atomic E-state index is 0.139. The molecule has 4 N–H and O–H groups in total. The summed E-state index contributed by atoms with van der Waals surface area (Å²) in [4.78, 5) is 39.0. The van der Waals surface area contributed by atoms with Crippen molar-refractivity contribution in [3.05, 3.63) is 51.5 Å². The van der Waals surface area contributed by atoms with Crippen LogP contribution >= 0.6 is 15.9 Å². The monoisotopic (exact) mass is 448 g/mol. The molecule has 1 aromatic heterocycles. The van der Waals surface area contributed by atoms with E-state index < -0.39 is 0 Å². The van der Waals surface area contributed by atoms with E-state index in [4.69, 9.17) is 0 Å². The molecular weight excluding hydrogens is 424 g/mol. The van der Waals surface area contributed by atoms with E-state index in [0.29, 0.717) is 35.3 Å². The van der Waals surface area contributed by atoms with E-state index in [-0.39, 0.29) is 17.7 Å². The summed E-state index contributed by atoms with van der Waals surface area (Å²) in [6, 6.07) is 0. The fourth-order valence-corrected chi connectivity index (χ4v) is 3.42. The molecule has 1 fully saturated rings. The van der Waals surface area contributed by atoms with Crippen molar-refractivity contribution in [2.24, 2.45) is 0 Å². The fraction of sp³-hybridized carbons (Fsp3) is 0.350. The van der Waals surface area contributed by atoms with Crippen molar-refractivity contribution >= 4 is 39.7 Å². The summed E-state index contributed by atoms with van der Waals surface area (Å²) in [7, 11) is 0. The van der Waals surface area contributed by atoms with E-state index in [1.165, 1.54) is 6.92 Å². The van der Waals surface area contributed by atoms with Gasteiger partial charge >= 0.3 is 0 Å². The number of aryl methyl sites for hydroxylation is 1. The Labute approximate surface area is 172 Å². The smallest absolute Gasteiger partial charge is 0.256 e.